The number of aliphatic hydroxyl groups excluding tert-OH is 1. The van der Waals surface area contributed by atoms with Gasteiger partial charge in [0, 0.05) is 12.2 Å². The van der Waals surface area contributed by atoms with Crippen molar-refractivity contribution in [2.75, 3.05) is 6.61 Å². The van der Waals surface area contributed by atoms with Crippen molar-refractivity contribution in [3.8, 4) is 0 Å². The minimum absolute atomic E-state index is 0.0445. The number of carbonyl (C=O) groups excluding carboxylic acids is 1. The fourth-order valence-corrected chi connectivity index (χ4v) is 2.35. The lowest BCUT2D eigenvalue weighted by Gasteiger charge is -2.29. The highest BCUT2D eigenvalue weighted by molar-refractivity contribution is 5.93. The molecular weight excluding hydrogens is 216 g/mol. The van der Waals surface area contributed by atoms with E-state index >= 15 is 0 Å². The Hall–Kier alpha value is -1.29. The Balaban J connectivity index is 1.74. The number of nitrogens with zero attached hydrogens (tertiary/aromatic N) is 1. The van der Waals surface area contributed by atoms with Gasteiger partial charge in [-0.05, 0) is 44.2 Å². The zero-order valence-corrected chi connectivity index (χ0v) is 9.85. The molecule has 0 bridgehead atoms. The van der Waals surface area contributed by atoms with Crippen LogP contribution in [0.15, 0.2) is 18.3 Å². The van der Waals surface area contributed by atoms with Crippen molar-refractivity contribution in [2.24, 2.45) is 0 Å². The fourth-order valence-electron chi connectivity index (χ4n) is 2.35. The molecule has 2 N–H and O–H groups in total. The molecule has 2 aliphatic rings. The number of aromatic nitrogens is 1. The van der Waals surface area contributed by atoms with E-state index in [1.165, 1.54) is 19.3 Å². The van der Waals surface area contributed by atoms with E-state index in [1.807, 2.05) is 18.3 Å². The third-order valence-electron chi connectivity index (χ3n) is 4.01. The predicted molar refractivity (Wildman–Crippen MR) is 63.8 cm³/mol. The second-order valence-corrected chi connectivity index (χ2v) is 5.28. The second-order valence-electron chi connectivity index (χ2n) is 5.28. The van der Waals surface area contributed by atoms with Crippen molar-refractivity contribution >= 4 is 5.91 Å². The zero-order valence-electron chi connectivity index (χ0n) is 9.85. The summed E-state index contributed by atoms with van der Waals surface area (Å²) in [4.78, 5) is 12.1. The summed E-state index contributed by atoms with van der Waals surface area (Å²) in [5.41, 5.74) is 0.403. The van der Waals surface area contributed by atoms with Gasteiger partial charge in [0.15, 0.2) is 0 Å². The fraction of sp³-hybridized carbons (Fsp3) is 0.615. The minimum Gasteiger partial charge on any atom is -0.394 e. The lowest BCUT2D eigenvalue weighted by atomic mass is 9.93. The van der Waals surface area contributed by atoms with Gasteiger partial charge < -0.3 is 15.0 Å². The van der Waals surface area contributed by atoms with Gasteiger partial charge in [-0.25, -0.2) is 0 Å². The molecule has 2 aliphatic carbocycles. The average Bonchev–Trinajstić information content (AvgIpc) is 2.85. The van der Waals surface area contributed by atoms with Gasteiger partial charge in [-0.2, -0.15) is 0 Å². The Morgan fingerprint density at radius 3 is 2.82 bits per heavy atom. The smallest absolute Gasteiger partial charge is 0.268 e. The maximum absolute atomic E-state index is 12.1. The highest BCUT2D eigenvalue weighted by Gasteiger charge is 2.44. The van der Waals surface area contributed by atoms with E-state index in [0.29, 0.717) is 6.04 Å². The molecule has 0 spiro atoms. The predicted octanol–water partition coefficient (Wildman–Crippen LogP) is 1.47. The molecule has 1 aromatic heterocycles. The van der Waals surface area contributed by atoms with E-state index in [0.717, 1.165) is 18.5 Å². The lowest BCUT2D eigenvalue weighted by molar-refractivity contribution is 0.0891. The first kappa shape index (κ1) is 10.8. The SMILES string of the molecule is O=C(NC1(CO)CC1)c1cccn1C1CCC1. The van der Waals surface area contributed by atoms with Crippen LogP contribution in [0.3, 0.4) is 0 Å². The van der Waals surface area contributed by atoms with Crippen molar-refractivity contribution in [1.29, 1.82) is 0 Å². The molecule has 0 atom stereocenters. The molecule has 1 amide bonds. The summed E-state index contributed by atoms with van der Waals surface area (Å²) >= 11 is 0. The summed E-state index contributed by atoms with van der Waals surface area (Å²) in [7, 11) is 0. The Morgan fingerprint density at radius 1 is 1.53 bits per heavy atom. The van der Waals surface area contributed by atoms with Gasteiger partial charge >= 0.3 is 0 Å². The van der Waals surface area contributed by atoms with E-state index in [-0.39, 0.29) is 18.1 Å². The first-order chi connectivity index (χ1) is 8.24. The maximum atomic E-state index is 12.1. The molecule has 0 aliphatic heterocycles. The molecular formula is C13H18N2O2. The Kier molecular flexibility index (Phi) is 2.47. The van der Waals surface area contributed by atoms with E-state index < -0.39 is 0 Å². The van der Waals surface area contributed by atoms with Crippen molar-refractivity contribution < 1.29 is 9.90 Å². The molecule has 2 saturated carbocycles. The van der Waals surface area contributed by atoms with Crippen LogP contribution in [-0.4, -0.2) is 27.7 Å². The summed E-state index contributed by atoms with van der Waals surface area (Å²) in [6.45, 7) is 0.0445. The van der Waals surface area contributed by atoms with Crippen molar-refractivity contribution in [3.05, 3.63) is 24.0 Å². The van der Waals surface area contributed by atoms with Gasteiger partial charge in [-0.15, -0.1) is 0 Å². The number of aliphatic hydroxyl groups is 1. The first-order valence-corrected chi connectivity index (χ1v) is 6.34. The van der Waals surface area contributed by atoms with Crippen LogP contribution in [0.1, 0.15) is 48.6 Å². The van der Waals surface area contributed by atoms with Gasteiger partial charge in [0.25, 0.3) is 5.91 Å². The van der Waals surface area contributed by atoms with Crippen molar-refractivity contribution in [2.45, 2.75) is 43.7 Å². The molecule has 2 fully saturated rings. The minimum atomic E-state index is -0.328. The Labute approximate surface area is 101 Å². The lowest BCUT2D eigenvalue weighted by Crippen LogP contribution is -2.40. The molecule has 92 valence electrons. The molecule has 3 rings (SSSR count). The monoisotopic (exact) mass is 234 g/mol. The molecule has 1 aromatic rings. The standard InChI is InChI=1S/C13H18N2O2/c16-9-13(6-7-13)14-12(17)11-5-2-8-15(11)10-3-1-4-10/h2,5,8,10,16H,1,3-4,6-7,9H2,(H,14,17). The van der Waals surface area contributed by atoms with Crippen LogP contribution in [-0.2, 0) is 0 Å². The number of rotatable bonds is 4. The summed E-state index contributed by atoms with van der Waals surface area (Å²) < 4.78 is 2.08. The average molecular weight is 234 g/mol. The summed E-state index contributed by atoms with van der Waals surface area (Å²) in [5, 5.41) is 12.2. The van der Waals surface area contributed by atoms with E-state index in [4.69, 9.17) is 0 Å². The number of carbonyl (C=O) groups is 1. The van der Waals surface area contributed by atoms with Crippen molar-refractivity contribution in [1.82, 2.24) is 9.88 Å². The molecule has 0 unspecified atom stereocenters. The third-order valence-corrected chi connectivity index (χ3v) is 4.01. The van der Waals surface area contributed by atoms with Gasteiger partial charge in [0.05, 0.1) is 12.1 Å². The molecule has 1 heterocycles. The quantitative estimate of drug-likeness (QED) is 0.829. The highest BCUT2D eigenvalue weighted by Crippen LogP contribution is 2.36. The molecule has 4 heteroatoms. The molecule has 0 aromatic carbocycles. The van der Waals surface area contributed by atoms with Crippen LogP contribution in [0.25, 0.3) is 0 Å². The van der Waals surface area contributed by atoms with Crippen LogP contribution in [0, 0.1) is 0 Å². The second kappa shape index (κ2) is 3.88. The van der Waals surface area contributed by atoms with Gasteiger partial charge in [0.2, 0.25) is 0 Å². The summed E-state index contributed by atoms with van der Waals surface area (Å²) in [6, 6.07) is 4.28. The van der Waals surface area contributed by atoms with Crippen LogP contribution in [0.5, 0.6) is 0 Å². The Bertz CT molecular complexity index is 430. The van der Waals surface area contributed by atoms with Gasteiger partial charge in [-0.1, -0.05) is 0 Å². The van der Waals surface area contributed by atoms with Crippen LogP contribution >= 0.6 is 0 Å². The van der Waals surface area contributed by atoms with Crippen LogP contribution < -0.4 is 5.32 Å². The number of amides is 1. The van der Waals surface area contributed by atoms with Gasteiger partial charge in [-0.3, -0.25) is 4.79 Å². The van der Waals surface area contributed by atoms with Crippen LogP contribution in [0.2, 0.25) is 0 Å². The highest BCUT2D eigenvalue weighted by atomic mass is 16.3. The molecule has 4 nitrogen and oxygen atoms in total. The molecule has 0 radical (unpaired) electrons. The zero-order chi connectivity index (χ0) is 11.9. The first-order valence-electron chi connectivity index (χ1n) is 6.34. The van der Waals surface area contributed by atoms with Gasteiger partial charge in [0.1, 0.15) is 5.69 Å². The molecule has 0 saturated heterocycles. The number of hydrogen-bond donors (Lipinski definition) is 2. The number of hydrogen-bond acceptors (Lipinski definition) is 2. The largest absolute Gasteiger partial charge is 0.394 e. The normalized spacial score (nSPS) is 21.9. The van der Waals surface area contributed by atoms with E-state index in [2.05, 4.69) is 9.88 Å². The third kappa shape index (κ3) is 1.86. The topological polar surface area (TPSA) is 54.3 Å². The summed E-state index contributed by atoms with van der Waals surface area (Å²) in [6.07, 6.45) is 7.35. The van der Waals surface area contributed by atoms with Crippen molar-refractivity contribution in [3.63, 3.8) is 0 Å². The van der Waals surface area contributed by atoms with Crippen LogP contribution in [0.4, 0.5) is 0 Å². The van der Waals surface area contributed by atoms with E-state index in [1.54, 1.807) is 0 Å². The maximum Gasteiger partial charge on any atom is 0.268 e. The summed E-state index contributed by atoms with van der Waals surface area (Å²) in [5.74, 6) is -0.0477. The van der Waals surface area contributed by atoms with E-state index in [9.17, 15) is 9.90 Å². The number of nitrogens with one attached hydrogen (secondary N) is 1. The Morgan fingerprint density at radius 2 is 2.29 bits per heavy atom. The molecule has 17 heavy (non-hydrogen) atoms.